The van der Waals surface area contributed by atoms with Crippen LogP contribution in [-0.4, -0.2) is 49.0 Å². The predicted octanol–water partition coefficient (Wildman–Crippen LogP) is 4.69. The van der Waals surface area contributed by atoms with Crippen molar-refractivity contribution in [2.45, 2.75) is 44.9 Å². The van der Waals surface area contributed by atoms with E-state index < -0.39 is 5.60 Å². The number of hydrogen-bond acceptors (Lipinski definition) is 5. The average Bonchev–Trinajstić information content (AvgIpc) is 3.09. The highest BCUT2D eigenvalue weighted by molar-refractivity contribution is 5.69. The van der Waals surface area contributed by atoms with E-state index in [9.17, 15) is 4.79 Å². The van der Waals surface area contributed by atoms with Gasteiger partial charge in [0, 0.05) is 6.42 Å². The fraction of sp³-hybridized carbons (Fsp3) is 0.435. The van der Waals surface area contributed by atoms with Crippen LogP contribution in [0, 0.1) is 0 Å². The Morgan fingerprint density at radius 2 is 1.79 bits per heavy atom. The van der Waals surface area contributed by atoms with E-state index in [2.05, 4.69) is 18.2 Å². The summed E-state index contributed by atoms with van der Waals surface area (Å²) in [6.45, 7) is 6.25. The van der Waals surface area contributed by atoms with Crippen LogP contribution in [0.1, 0.15) is 27.2 Å². The molecule has 1 aliphatic rings. The van der Waals surface area contributed by atoms with Gasteiger partial charge in [0.25, 0.3) is 0 Å². The van der Waals surface area contributed by atoms with Crippen molar-refractivity contribution in [2.24, 2.45) is 0 Å². The topological polar surface area (TPSA) is 57.2 Å². The number of ether oxygens (including phenoxy) is 2. The molecule has 1 heterocycles. The molecule has 1 fully saturated rings. The standard InChI is InChI=1S/C23H29NO5/c1-23(2,3)29-22(25)24-15-21(14-19(24)16-27-26-4)28-20-12-8-11-18(13-20)17-9-6-5-7-10-17/h5-13,19,21H,14-16H2,1-4H3. The molecule has 156 valence electrons. The minimum Gasteiger partial charge on any atom is -0.488 e. The number of nitrogens with zero attached hydrogens (tertiary/aromatic N) is 1. The van der Waals surface area contributed by atoms with Gasteiger partial charge in [0.1, 0.15) is 24.1 Å². The smallest absolute Gasteiger partial charge is 0.410 e. The molecule has 1 amide bonds. The second-order valence-corrected chi connectivity index (χ2v) is 8.11. The summed E-state index contributed by atoms with van der Waals surface area (Å²) < 4.78 is 11.8. The molecular formula is C23H29NO5. The van der Waals surface area contributed by atoms with E-state index in [-0.39, 0.29) is 24.8 Å². The lowest BCUT2D eigenvalue weighted by Gasteiger charge is -2.27. The summed E-state index contributed by atoms with van der Waals surface area (Å²) in [4.78, 5) is 24.1. The normalized spacial score (nSPS) is 19.2. The Labute approximate surface area is 172 Å². The van der Waals surface area contributed by atoms with Gasteiger partial charge in [-0.25, -0.2) is 14.6 Å². The molecule has 2 aromatic carbocycles. The number of hydrogen-bond donors (Lipinski definition) is 0. The molecule has 0 bridgehead atoms. The molecule has 29 heavy (non-hydrogen) atoms. The fourth-order valence-electron chi connectivity index (χ4n) is 3.38. The van der Waals surface area contributed by atoms with Crippen molar-refractivity contribution in [3.63, 3.8) is 0 Å². The minimum absolute atomic E-state index is 0.154. The van der Waals surface area contributed by atoms with E-state index >= 15 is 0 Å². The molecule has 2 atom stereocenters. The Morgan fingerprint density at radius 3 is 2.48 bits per heavy atom. The van der Waals surface area contributed by atoms with Crippen molar-refractivity contribution in [2.75, 3.05) is 20.3 Å². The highest BCUT2D eigenvalue weighted by Gasteiger charge is 2.39. The van der Waals surface area contributed by atoms with Gasteiger partial charge >= 0.3 is 6.09 Å². The Hall–Kier alpha value is -2.57. The molecular weight excluding hydrogens is 370 g/mol. The van der Waals surface area contributed by atoms with Crippen molar-refractivity contribution in [1.29, 1.82) is 0 Å². The second-order valence-electron chi connectivity index (χ2n) is 8.11. The van der Waals surface area contributed by atoms with Crippen LogP contribution in [0.2, 0.25) is 0 Å². The molecule has 6 heteroatoms. The average molecular weight is 399 g/mol. The molecule has 0 spiro atoms. The number of rotatable bonds is 6. The molecule has 0 aromatic heterocycles. The largest absolute Gasteiger partial charge is 0.488 e. The van der Waals surface area contributed by atoms with Crippen molar-refractivity contribution >= 4 is 6.09 Å². The highest BCUT2D eigenvalue weighted by atomic mass is 17.2. The first-order valence-electron chi connectivity index (χ1n) is 9.83. The van der Waals surface area contributed by atoms with Gasteiger partial charge in [-0.05, 0) is 44.0 Å². The zero-order valence-electron chi connectivity index (χ0n) is 17.5. The lowest BCUT2D eigenvalue weighted by molar-refractivity contribution is -0.278. The zero-order valence-corrected chi connectivity index (χ0v) is 17.5. The molecule has 0 saturated carbocycles. The molecule has 2 unspecified atom stereocenters. The SMILES string of the molecule is COOCC1CC(Oc2cccc(-c3ccccc3)c2)CN1C(=O)OC(C)(C)C. The Kier molecular flexibility index (Phi) is 6.77. The van der Waals surface area contributed by atoms with E-state index in [1.807, 2.05) is 57.2 Å². The van der Waals surface area contributed by atoms with E-state index in [1.54, 1.807) is 4.90 Å². The van der Waals surface area contributed by atoms with E-state index in [0.717, 1.165) is 16.9 Å². The van der Waals surface area contributed by atoms with Crippen LogP contribution in [-0.2, 0) is 14.5 Å². The minimum atomic E-state index is -0.563. The van der Waals surface area contributed by atoms with Crippen LogP contribution in [0.15, 0.2) is 54.6 Å². The van der Waals surface area contributed by atoms with Crippen LogP contribution >= 0.6 is 0 Å². The Bertz CT molecular complexity index is 802. The summed E-state index contributed by atoms with van der Waals surface area (Å²) in [6.07, 6.45) is 0.114. The fourth-order valence-corrected chi connectivity index (χ4v) is 3.38. The van der Waals surface area contributed by atoms with Crippen molar-refractivity contribution in [1.82, 2.24) is 4.90 Å². The quantitative estimate of drug-likeness (QED) is 0.521. The summed E-state index contributed by atoms with van der Waals surface area (Å²) in [5.74, 6) is 0.772. The predicted molar refractivity (Wildman–Crippen MR) is 111 cm³/mol. The first kappa shape index (κ1) is 21.1. The van der Waals surface area contributed by atoms with Gasteiger partial charge in [0.2, 0.25) is 0 Å². The summed E-state index contributed by atoms with van der Waals surface area (Å²) in [6, 6.07) is 18.0. The van der Waals surface area contributed by atoms with Crippen LogP contribution < -0.4 is 4.74 Å². The number of carbonyl (C=O) groups is 1. The van der Waals surface area contributed by atoms with Crippen LogP contribution in [0.5, 0.6) is 5.75 Å². The van der Waals surface area contributed by atoms with Crippen molar-refractivity contribution < 1.29 is 24.0 Å². The Balaban J connectivity index is 1.70. The maximum Gasteiger partial charge on any atom is 0.410 e. The molecule has 1 aliphatic heterocycles. The number of benzene rings is 2. The van der Waals surface area contributed by atoms with Gasteiger partial charge in [-0.2, -0.15) is 0 Å². The van der Waals surface area contributed by atoms with E-state index in [1.165, 1.54) is 7.11 Å². The van der Waals surface area contributed by atoms with Gasteiger partial charge in [-0.15, -0.1) is 0 Å². The van der Waals surface area contributed by atoms with Crippen molar-refractivity contribution in [3.8, 4) is 16.9 Å². The lowest BCUT2D eigenvalue weighted by Crippen LogP contribution is -2.42. The molecule has 0 radical (unpaired) electrons. The Morgan fingerprint density at radius 1 is 1.07 bits per heavy atom. The van der Waals surface area contributed by atoms with Crippen molar-refractivity contribution in [3.05, 3.63) is 54.6 Å². The van der Waals surface area contributed by atoms with Gasteiger partial charge in [0.15, 0.2) is 0 Å². The lowest BCUT2D eigenvalue weighted by atomic mass is 10.1. The number of likely N-dealkylation sites (tertiary alicyclic amines) is 1. The summed E-state index contributed by atoms with van der Waals surface area (Å²) >= 11 is 0. The van der Waals surface area contributed by atoms with Gasteiger partial charge in [-0.3, -0.25) is 4.90 Å². The summed E-state index contributed by atoms with van der Waals surface area (Å²) in [7, 11) is 1.45. The molecule has 1 saturated heterocycles. The molecule has 0 aliphatic carbocycles. The molecule has 3 rings (SSSR count). The van der Waals surface area contributed by atoms with Crippen LogP contribution in [0.4, 0.5) is 4.79 Å². The second kappa shape index (κ2) is 9.29. The van der Waals surface area contributed by atoms with E-state index in [0.29, 0.717) is 13.0 Å². The summed E-state index contributed by atoms with van der Waals surface area (Å²) in [5.41, 5.74) is 1.66. The molecule has 2 aromatic rings. The van der Waals surface area contributed by atoms with Crippen LogP contribution in [0.3, 0.4) is 0 Å². The maximum atomic E-state index is 12.6. The third-order valence-corrected chi connectivity index (χ3v) is 4.63. The van der Waals surface area contributed by atoms with Gasteiger partial charge < -0.3 is 9.47 Å². The van der Waals surface area contributed by atoms with E-state index in [4.69, 9.17) is 19.2 Å². The zero-order chi connectivity index (χ0) is 20.9. The number of carbonyl (C=O) groups excluding carboxylic acids is 1. The number of amides is 1. The summed E-state index contributed by atoms with van der Waals surface area (Å²) in [5, 5.41) is 0. The first-order valence-corrected chi connectivity index (χ1v) is 9.83. The third kappa shape index (κ3) is 5.95. The van der Waals surface area contributed by atoms with Crippen LogP contribution in [0.25, 0.3) is 11.1 Å². The monoisotopic (exact) mass is 399 g/mol. The first-order chi connectivity index (χ1) is 13.9. The van der Waals surface area contributed by atoms with Gasteiger partial charge in [-0.1, -0.05) is 42.5 Å². The molecule has 6 nitrogen and oxygen atoms in total. The maximum absolute atomic E-state index is 12.6. The highest BCUT2D eigenvalue weighted by Crippen LogP contribution is 2.28. The third-order valence-electron chi connectivity index (χ3n) is 4.63. The molecule has 0 N–H and O–H groups in total. The van der Waals surface area contributed by atoms with Gasteiger partial charge in [0.05, 0.1) is 19.7 Å².